The Morgan fingerprint density at radius 1 is 0.926 bits per heavy atom. The molecule has 0 spiro atoms. The first-order valence-corrected chi connectivity index (χ1v) is 9.07. The second-order valence-corrected chi connectivity index (χ2v) is 6.61. The largest absolute Gasteiger partial charge is 0.489 e. The lowest BCUT2D eigenvalue weighted by Crippen LogP contribution is -2.07. The highest BCUT2D eigenvalue weighted by Gasteiger charge is 2.02. The van der Waals surface area contributed by atoms with E-state index in [0.717, 1.165) is 16.9 Å². The van der Waals surface area contributed by atoms with E-state index in [-0.39, 0.29) is 5.91 Å². The number of hydrogen-bond donors (Lipinski definition) is 1. The second kappa shape index (κ2) is 9.26. The van der Waals surface area contributed by atoms with Crippen molar-refractivity contribution in [2.45, 2.75) is 6.61 Å². The Morgan fingerprint density at radius 3 is 2.52 bits per heavy atom. The lowest BCUT2D eigenvalue weighted by molar-refractivity contribution is -0.111. The van der Waals surface area contributed by atoms with Gasteiger partial charge in [-0.05, 0) is 47.5 Å². The van der Waals surface area contributed by atoms with Crippen LogP contribution in [0.4, 0.5) is 5.69 Å². The molecule has 5 heteroatoms. The highest BCUT2D eigenvalue weighted by Crippen LogP contribution is 2.25. The van der Waals surface area contributed by atoms with Crippen molar-refractivity contribution in [2.75, 3.05) is 5.32 Å². The van der Waals surface area contributed by atoms with Crippen LogP contribution in [0.25, 0.3) is 6.08 Å². The van der Waals surface area contributed by atoms with Crippen LogP contribution in [0.15, 0.2) is 78.9 Å². The lowest BCUT2D eigenvalue weighted by atomic mass is 10.2. The van der Waals surface area contributed by atoms with Crippen LogP contribution in [0.3, 0.4) is 0 Å². The predicted molar refractivity (Wildman–Crippen MR) is 111 cm³/mol. The Morgan fingerprint density at radius 2 is 1.74 bits per heavy atom. The van der Waals surface area contributed by atoms with Crippen LogP contribution in [0.1, 0.15) is 11.1 Å². The molecule has 1 N–H and O–H groups in total. The molecule has 1 amide bonds. The molecule has 0 aromatic heterocycles. The van der Waals surface area contributed by atoms with Crippen molar-refractivity contribution in [1.82, 2.24) is 0 Å². The van der Waals surface area contributed by atoms with Gasteiger partial charge >= 0.3 is 0 Å². The number of ether oxygens (including phenoxy) is 1. The standard InChI is InChI=1S/C22H17Cl2NO2/c23-20-11-10-18(14-21(20)24)25-22(26)12-9-16-7-4-8-19(13-16)27-15-17-5-2-1-3-6-17/h1-14H,15H2,(H,25,26)/b12-9+. The summed E-state index contributed by atoms with van der Waals surface area (Å²) in [5.41, 5.74) is 2.54. The van der Waals surface area contributed by atoms with Crippen molar-refractivity contribution in [1.29, 1.82) is 0 Å². The number of nitrogens with one attached hydrogen (secondary N) is 1. The molecule has 0 unspecified atom stereocenters. The minimum Gasteiger partial charge on any atom is -0.489 e. The zero-order valence-corrected chi connectivity index (χ0v) is 15.9. The highest BCUT2D eigenvalue weighted by molar-refractivity contribution is 6.42. The molecule has 3 aromatic carbocycles. The van der Waals surface area contributed by atoms with Gasteiger partial charge in [0.25, 0.3) is 0 Å². The molecule has 0 aliphatic rings. The van der Waals surface area contributed by atoms with E-state index in [9.17, 15) is 4.79 Å². The summed E-state index contributed by atoms with van der Waals surface area (Å²) in [6.45, 7) is 0.492. The highest BCUT2D eigenvalue weighted by atomic mass is 35.5. The third-order valence-corrected chi connectivity index (χ3v) is 4.46. The average Bonchev–Trinajstić information content (AvgIpc) is 2.69. The molecule has 0 saturated heterocycles. The van der Waals surface area contributed by atoms with Crippen LogP contribution >= 0.6 is 23.2 Å². The molecular weight excluding hydrogens is 381 g/mol. The van der Waals surface area contributed by atoms with E-state index in [1.54, 1.807) is 24.3 Å². The molecule has 0 bridgehead atoms. The van der Waals surface area contributed by atoms with Gasteiger partial charge in [-0.3, -0.25) is 4.79 Å². The SMILES string of the molecule is O=C(/C=C/c1cccc(OCc2ccccc2)c1)Nc1ccc(Cl)c(Cl)c1. The zero-order chi connectivity index (χ0) is 19.1. The molecule has 136 valence electrons. The normalized spacial score (nSPS) is 10.7. The van der Waals surface area contributed by atoms with Gasteiger partial charge < -0.3 is 10.1 Å². The molecule has 0 heterocycles. The van der Waals surface area contributed by atoms with E-state index in [1.165, 1.54) is 6.08 Å². The summed E-state index contributed by atoms with van der Waals surface area (Å²) in [5, 5.41) is 3.57. The summed E-state index contributed by atoms with van der Waals surface area (Å²) in [6.07, 6.45) is 3.18. The fraction of sp³-hybridized carbons (Fsp3) is 0.0455. The van der Waals surface area contributed by atoms with Gasteiger partial charge in [0.05, 0.1) is 10.0 Å². The fourth-order valence-corrected chi connectivity index (χ4v) is 2.68. The lowest BCUT2D eigenvalue weighted by Gasteiger charge is -2.07. The Hall–Kier alpha value is -2.75. The van der Waals surface area contributed by atoms with Crippen LogP contribution in [0.5, 0.6) is 5.75 Å². The Kier molecular flexibility index (Phi) is 6.53. The van der Waals surface area contributed by atoms with Crippen molar-refractivity contribution in [3.05, 3.63) is 100 Å². The van der Waals surface area contributed by atoms with Gasteiger partial charge in [0.15, 0.2) is 0 Å². The number of rotatable bonds is 6. The molecule has 0 atom stereocenters. The smallest absolute Gasteiger partial charge is 0.248 e. The monoisotopic (exact) mass is 397 g/mol. The van der Waals surface area contributed by atoms with Gasteiger partial charge in [-0.2, -0.15) is 0 Å². The maximum Gasteiger partial charge on any atom is 0.248 e. The van der Waals surface area contributed by atoms with Gasteiger partial charge in [-0.25, -0.2) is 0 Å². The molecule has 27 heavy (non-hydrogen) atoms. The summed E-state index contributed by atoms with van der Waals surface area (Å²) in [6, 6.07) is 22.4. The van der Waals surface area contributed by atoms with Gasteiger partial charge in [-0.1, -0.05) is 65.7 Å². The Bertz CT molecular complexity index is 956. The van der Waals surface area contributed by atoms with Crippen LogP contribution in [-0.4, -0.2) is 5.91 Å². The summed E-state index contributed by atoms with van der Waals surface area (Å²) < 4.78 is 5.80. The quantitative estimate of drug-likeness (QED) is 0.501. The van der Waals surface area contributed by atoms with Gasteiger partial charge in [0.2, 0.25) is 5.91 Å². The van der Waals surface area contributed by atoms with Gasteiger partial charge in [0.1, 0.15) is 12.4 Å². The Balaban J connectivity index is 1.59. The predicted octanol–water partition coefficient (Wildman–Crippen LogP) is 6.22. The van der Waals surface area contributed by atoms with Crippen LogP contribution in [0.2, 0.25) is 10.0 Å². The third kappa shape index (κ3) is 5.88. The summed E-state index contributed by atoms with van der Waals surface area (Å²) in [4.78, 5) is 12.1. The maximum absolute atomic E-state index is 12.1. The number of carbonyl (C=O) groups excluding carboxylic acids is 1. The molecule has 3 nitrogen and oxygen atoms in total. The number of carbonyl (C=O) groups is 1. The van der Waals surface area contributed by atoms with E-state index in [0.29, 0.717) is 22.3 Å². The van der Waals surface area contributed by atoms with Gasteiger partial charge in [0, 0.05) is 11.8 Å². The van der Waals surface area contributed by atoms with E-state index < -0.39 is 0 Å². The van der Waals surface area contributed by atoms with Crippen molar-refractivity contribution < 1.29 is 9.53 Å². The number of halogens is 2. The zero-order valence-electron chi connectivity index (χ0n) is 14.4. The molecule has 3 rings (SSSR count). The molecule has 0 aliphatic carbocycles. The summed E-state index contributed by atoms with van der Waals surface area (Å²) >= 11 is 11.8. The van der Waals surface area contributed by atoms with E-state index in [2.05, 4.69) is 5.32 Å². The van der Waals surface area contributed by atoms with Crippen molar-refractivity contribution >= 4 is 40.9 Å². The van der Waals surface area contributed by atoms with Crippen molar-refractivity contribution in [3.63, 3.8) is 0 Å². The van der Waals surface area contributed by atoms with E-state index >= 15 is 0 Å². The van der Waals surface area contributed by atoms with Crippen LogP contribution in [-0.2, 0) is 11.4 Å². The van der Waals surface area contributed by atoms with Crippen LogP contribution < -0.4 is 10.1 Å². The summed E-state index contributed by atoms with van der Waals surface area (Å²) in [7, 11) is 0. The molecule has 0 radical (unpaired) electrons. The third-order valence-electron chi connectivity index (χ3n) is 3.72. The first-order valence-electron chi connectivity index (χ1n) is 8.31. The van der Waals surface area contributed by atoms with E-state index in [1.807, 2.05) is 54.6 Å². The van der Waals surface area contributed by atoms with Crippen LogP contribution in [0, 0.1) is 0 Å². The van der Waals surface area contributed by atoms with Crippen molar-refractivity contribution in [2.24, 2.45) is 0 Å². The number of anilines is 1. The molecular formula is C22H17Cl2NO2. The number of amides is 1. The second-order valence-electron chi connectivity index (χ2n) is 5.80. The molecule has 0 fully saturated rings. The Labute approximate surface area is 168 Å². The molecule has 0 saturated carbocycles. The minimum absolute atomic E-state index is 0.260. The topological polar surface area (TPSA) is 38.3 Å². The van der Waals surface area contributed by atoms with Gasteiger partial charge in [-0.15, -0.1) is 0 Å². The summed E-state index contributed by atoms with van der Waals surface area (Å²) in [5.74, 6) is 0.481. The number of hydrogen-bond acceptors (Lipinski definition) is 2. The molecule has 0 aliphatic heterocycles. The van der Waals surface area contributed by atoms with E-state index in [4.69, 9.17) is 27.9 Å². The first-order chi connectivity index (χ1) is 13.1. The number of benzene rings is 3. The minimum atomic E-state index is -0.260. The maximum atomic E-state index is 12.1. The fourth-order valence-electron chi connectivity index (χ4n) is 2.38. The molecule has 3 aromatic rings. The van der Waals surface area contributed by atoms with Crippen molar-refractivity contribution in [3.8, 4) is 5.75 Å². The first kappa shape index (κ1) is 19.0. The average molecular weight is 398 g/mol.